The largest absolute Gasteiger partial charge is 0.384 e. The maximum Gasteiger partial charge on any atom is 0.270 e. The predicted molar refractivity (Wildman–Crippen MR) is 80.0 cm³/mol. The van der Waals surface area contributed by atoms with Crippen LogP contribution in [-0.2, 0) is 4.74 Å². The van der Waals surface area contributed by atoms with E-state index in [1.54, 1.807) is 12.1 Å². The van der Waals surface area contributed by atoms with E-state index in [9.17, 15) is 10.1 Å². The molecule has 1 aromatic carbocycles. The van der Waals surface area contributed by atoms with Crippen LogP contribution < -0.4 is 5.32 Å². The third-order valence-corrected chi connectivity index (χ3v) is 3.19. The van der Waals surface area contributed by atoms with Crippen molar-refractivity contribution in [2.75, 3.05) is 25.1 Å². The van der Waals surface area contributed by atoms with E-state index >= 15 is 0 Å². The van der Waals surface area contributed by atoms with Crippen LogP contribution >= 0.6 is 22.6 Å². The van der Waals surface area contributed by atoms with Crippen LogP contribution in [0.4, 0.5) is 11.4 Å². The summed E-state index contributed by atoms with van der Waals surface area (Å²) in [6.07, 6.45) is 1.96. The summed E-state index contributed by atoms with van der Waals surface area (Å²) in [5.74, 6) is 0. The van der Waals surface area contributed by atoms with E-state index < -0.39 is 0 Å². The van der Waals surface area contributed by atoms with E-state index in [0.717, 1.165) is 41.9 Å². The summed E-state index contributed by atoms with van der Waals surface area (Å²) in [5.41, 5.74) is 1.05. The van der Waals surface area contributed by atoms with Gasteiger partial charge in [-0.1, -0.05) is 6.92 Å². The lowest BCUT2D eigenvalue weighted by Crippen LogP contribution is -2.07. The Morgan fingerprint density at radius 1 is 1.44 bits per heavy atom. The molecule has 0 spiro atoms. The van der Waals surface area contributed by atoms with Crippen molar-refractivity contribution in [2.45, 2.75) is 19.8 Å². The smallest absolute Gasteiger partial charge is 0.270 e. The molecule has 0 radical (unpaired) electrons. The van der Waals surface area contributed by atoms with Crippen molar-refractivity contribution in [2.24, 2.45) is 0 Å². The highest BCUT2D eigenvalue weighted by Crippen LogP contribution is 2.23. The molecular weight excluding hydrogens is 347 g/mol. The van der Waals surface area contributed by atoms with Gasteiger partial charge in [0.2, 0.25) is 0 Å². The normalized spacial score (nSPS) is 10.3. The first-order chi connectivity index (χ1) is 8.65. The van der Waals surface area contributed by atoms with Gasteiger partial charge in [0.05, 0.1) is 4.92 Å². The molecule has 100 valence electrons. The summed E-state index contributed by atoms with van der Waals surface area (Å²) >= 11 is 2.10. The van der Waals surface area contributed by atoms with Gasteiger partial charge in [-0.25, -0.2) is 0 Å². The maximum absolute atomic E-state index is 10.6. The third-order valence-electron chi connectivity index (χ3n) is 2.29. The molecule has 6 heteroatoms. The molecule has 0 saturated heterocycles. The number of nitro benzene ring substituents is 1. The molecule has 1 aromatic rings. The Morgan fingerprint density at radius 2 is 2.22 bits per heavy atom. The number of benzene rings is 1. The van der Waals surface area contributed by atoms with Crippen molar-refractivity contribution < 1.29 is 9.66 Å². The number of nitrogens with one attached hydrogen (secondary N) is 1. The maximum atomic E-state index is 10.6. The highest BCUT2D eigenvalue weighted by atomic mass is 127. The minimum absolute atomic E-state index is 0.122. The molecular formula is C12H17IN2O3. The van der Waals surface area contributed by atoms with Crippen molar-refractivity contribution in [1.29, 1.82) is 0 Å². The summed E-state index contributed by atoms with van der Waals surface area (Å²) < 4.78 is 6.23. The van der Waals surface area contributed by atoms with Crippen molar-refractivity contribution >= 4 is 34.0 Å². The second-order valence-corrected chi connectivity index (χ2v) is 4.98. The monoisotopic (exact) mass is 364 g/mol. The zero-order chi connectivity index (χ0) is 13.4. The minimum Gasteiger partial charge on any atom is -0.384 e. The average molecular weight is 364 g/mol. The zero-order valence-electron chi connectivity index (χ0n) is 10.3. The highest BCUT2D eigenvalue weighted by molar-refractivity contribution is 14.1. The first-order valence-electron chi connectivity index (χ1n) is 5.90. The minimum atomic E-state index is -0.384. The van der Waals surface area contributed by atoms with E-state index in [0.29, 0.717) is 0 Å². The van der Waals surface area contributed by atoms with Gasteiger partial charge in [0.15, 0.2) is 0 Å². The molecule has 5 nitrogen and oxygen atoms in total. The third kappa shape index (κ3) is 5.18. The Labute approximate surface area is 120 Å². The summed E-state index contributed by atoms with van der Waals surface area (Å²) in [4.78, 5) is 10.2. The lowest BCUT2D eigenvalue weighted by Gasteiger charge is -2.08. The van der Waals surface area contributed by atoms with Gasteiger partial charge < -0.3 is 10.1 Å². The molecule has 0 heterocycles. The molecule has 0 saturated carbocycles. The van der Waals surface area contributed by atoms with Gasteiger partial charge in [-0.2, -0.15) is 0 Å². The number of ether oxygens (including phenoxy) is 1. The van der Waals surface area contributed by atoms with Gasteiger partial charge in [-0.05, 0) is 41.5 Å². The van der Waals surface area contributed by atoms with Gasteiger partial charge in [-0.15, -0.1) is 0 Å². The Balaban J connectivity index is 2.36. The fourth-order valence-electron chi connectivity index (χ4n) is 1.40. The summed E-state index contributed by atoms with van der Waals surface area (Å²) in [7, 11) is 0. The predicted octanol–water partition coefficient (Wildman–Crippen LogP) is 3.43. The lowest BCUT2D eigenvalue weighted by atomic mass is 10.3. The van der Waals surface area contributed by atoms with Gasteiger partial charge >= 0.3 is 0 Å². The van der Waals surface area contributed by atoms with Crippen LogP contribution in [0, 0.1) is 13.7 Å². The molecule has 0 aliphatic carbocycles. The molecule has 0 bridgehead atoms. The Bertz CT molecular complexity index is 399. The van der Waals surface area contributed by atoms with Crippen LogP contribution in [-0.4, -0.2) is 24.7 Å². The van der Waals surface area contributed by atoms with E-state index in [4.69, 9.17) is 4.74 Å². The average Bonchev–Trinajstić information content (AvgIpc) is 2.35. The molecule has 0 amide bonds. The summed E-state index contributed by atoms with van der Waals surface area (Å²) in [6.45, 7) is 4.43. The number of rotatable bonds is 8. The standard InChI is InChI=1S/C12H17IN2O3/c1-2-7-18-8-3-6-14-12-5-4-10(15(16)17)9-11(12)13/h4-5,9,14H,2-3,6-8H2,1H3. The number of nitro groups is 1. The van der Waals surface area contributed by atoms with Gasteiger partial charge in [0.25, 0.3) is 5.69 Å². The molecule has 0 aromatic heterocycles. The van der Waals surface area contributed by atoms with Crippen molar-refractivity contribution in [3.63, 3.8) is 0 Å². The van der Waals surface area contributed by atoms with E-state index in [-0.39, 0.29) is 10.6 Å². The summed E-state index contributed by atoms with van der Waals surface area (Å²) in [5, 5.41) is 13.8. The Hall–Kier alpha value is -0.890. The zero-order valence-corrected chi connectivity index (χ0v) is 12.5. The van der Waals surface area contributed by atoms with Crippen LogP contribution in [0.2, 0.25) is 0 Å². The first kappa shape index (κ1) is 15.2. The molecule has 0 aliphatic heterocycles. The number of hydrogen-bond donors (Lipinski definition) is 1. The second-order valence-electron chi connectivity index (χ2n) is 3.81. The van der Waals surface area contributed by atoms with Crippen molar-refractivity contribution in [3.8, 4) is 0 Å². The van der Waals surface area contributed by atoms with Gasteiger partial charge in [0, 0.05) is 41.1 Å². The summed E-state index contributed by atoms with van der Waals surface area (Å²) in [6, 6.07) is 4.82. The fraction of sp³-hybridized carbons (Fsp3) is 0.500. The Kier molecular flexibility index (Phi) is 6.96. The topological polar surface area (TPSA) is 64.4 Å². The number of halogens is 1. The molecule has 18 heavy (non-hydrogen) atoms. The second kappa shape index (κ2) is 8.25. The number of nitrogens with zero attached hydrogens (tertiary/aromatic N) is 1. The van der Waals surface area contributed by atoms with E-state index in [2.05, 4.69) is 34.8 Å². The van der Waals surface area contributed by atoms with Gasteiger partial charge in [0.1, 0.15) is 0 Å². The molecule has 1 N–H and O–H groups in total. The SMILES string of the molecule is CCCOCCCNc1ccc([N+](=O)[O-])cc1I. The highest BCUT2D eigenvalue weighted by Gasteiger charge is 2.08. The lowest BCUT2D eigenvalue weighted by molar-refractivity contribution is -0.384. The number of non-ortho nitro benzene ring substituents is 1. The van der Waals surface area contributed by atoms with Gasteiger partial charge in [-0.3, -0.25) is 10.1 Å². The van der Waals surface area contributed by atoms with Crippen LogP contribution in [0.5, 0.6) is 0 Å². The number of anilines is 1. The molecule has 0 atom stereocenters. The fourth-order valence-corrected chi connectivity index (χ4v) is 2.09. The van der Waals surface area contributed by atoms with Crippen LogP contribution in [0.1, 0.15) is 19.8 Å². The Morgan fingerprint density at radius 3 is 2.83 bits per heavy atom. The molecule has 0 fully saturated rings. The van der Waals surface area contributed by atoms with Crippen LogP contribution in [0.15, 0.2) is 18.2 Å². The van der Waals surface area contributed by atoms with Crippen LogP contribution in [0.3, 0.4) is 0 Å². The van der Waals surface area contributed by atoms with Crippen molar-refractivity contribution in [3.05, 3.63) is 31.9 Å². The molecule has 0 unspecified atom stereocenters. The number of hydrogen-bond acceptors (Lipinski definition) is 4. The van der Waals surface area contributed by atoms with E-state index in [1.807, 2.05) is 0 Å². The quantitative estimate of drug-likeness (QED) is 0.332. The molecule has 0 aliphatic rings. The van der Waals surface area contributed by atoms with Crippen LogP contribution in [0.25, 0.3) is 0 Å². The molecule has 1 rings (SSSR count). The first-order valence-corrected chi connectivity index (χ1v) is 6.98. The van der Waals surface area contributed by atoms with E-state index in [1.165, 1.54) is 6.07 Å². The van der Waals surface area contributed by atoms with Crippen molar-refractivity contribution in [1.82, 2.24) is 0 Å².